The van der Waals surface area contributed by atoms with E-state index in [0.717, 1.165) is 48.8 Å². The topological polar surface area (TPSA) is 64.3 Å². The minimum Gasteiger partial charge on any atom is -0.478 e. The van der Waals surface area contributed by atoms with Crippen molar-refractivity contribution < 1.29 is 14.6 Å². The van der Waals surface area contributed by atoms with Crippen molar-refractivity contribution in [3.63, 3.8) is 0 Å². The number of aliphatic carboxylic acids is 1. The second kappa shape index (κ2) is 9.75. The Morgan fingerprint density at radius 3 is 2.52 bits per heavy atom. The maximum atomic E-state index is 10.8. The van der Waals surface area contributed by atoms with Crippen LogP contribution in [0.5, 0.6) is 0 Å². The Bertz CT molecular complexity index is 1190. The van der Waals surface area contributed by atoms with Crippen LogP contribution in [-0.2, 0) is 9.53 Å². The number of benzene rings is 2. The lowest BCUT2D eigenvalue weighted by molar-refractivity contribution is -0.131. The van der Waals surface area contributed by atoms with Gasteiger partial charge in [-0.25, -0.2) is 9.48 Å². The summed E-state index contributed by atoms with van der Waals surface area (Å²) < 4.78 is 8.00. The number of carboxylic acids is 1. The number of ether oxygens (including phenoxy) is 1. The molecule has 1 saturated heterocycles. The quantitative estimate of drug-likeness (QED) is 0.452. The van der Waals surface area contributed by atoms with Crippen LogP contribution < -0.4 is 0 Å². The molecule has 1 aliphatic heterocycles. The highest BCUT2D eigenvalue weighted by molar-refractivity contribution is 5.89. The van der Waals surface area contributed by atoms with Gasteiger partial charge < -0.3 is 9.84 Å². The van der Waals surface area contributed by atoms with E-state index in [-0.39, 0.29) is 6.23 Å². The lowest BCUT2D eigenvalue weighted by Gasteiger charge is -2.23. The van der Waals surface area contributed by atoms with Gasteiger partial charge in [-0.05, 0) is 85.4 Å². The highest BCUT2D eigenvalue weighted by atomic mass is 16.5. The van der Waals surface area contributed by atoms with E-state index in [0.29, 0.717) is 0 Å². The number of nitrogens with zero attached hydrogens (tertiary/aromatic N) is 2. The fraction of sp³-hybridized carbons (Fsp3) is 0.357. The Kier molecular flexibility index (Phi) is 6.40. The molecule has 1 N–H and O–H groups in total. The zero-order valence-electron chi connectivity index (χ0n) is 18.9. The van der Waals surface area contributed by atoms with Gasteiger partial charge in [0.05, 0.1) is 11.7 Å². The third-order valence-electron chi connectivity index (χ3n) is 6.74. The monoisotopic (exact) mass is 442 g/mol. The van der Waals surface area contributed by atoms with Crippen molar-refractivity contribution in [2.75, 3.05) is 6.61 Å². The predicted molar refractivity (Wildman–Crippen MR) is 131 cm³/mol. The maximum absolute atomic E-state index is 10.8. The summed E-state index contributed by atoms with van der Waals surface area (Å²) in [6.07, 6.45) is 14.1. The molecule has 5 nitrogen and oxygen atoms in total. The molecule has 170 valence electrons. The summed E-state index contributed by atoms with van der Waals surface area (Å²) in [5.41, 5.74) is 7.23. The number of hydrogen-bond donors (Lipinski definition) is 1. The molecule has 0 amide bonds. The van der Waals surface area contributed by atoms with Gasteiger partial charge in [0.2, 0.25) is 0 Å². The lowest BCUT2D eigenvalue weighted by Crippen LogP contribution is -2.18. The molecule has 1 atom stereocenters. The van der Waals surface area contributed by atoms with Gasteiger partial charge >= 0.3 is 5.97 Å². The predicted octanol–water partition coefficient (Wildman–Crippen LogP) is 6.60. The maximum Gasteiger partial charge on any atom is 0.328 e. The van der Waals surface area contributed by atoms with E-state index >= 15 is 0 Å². The molecule has 1 aromatic heterocycles. The number of allylic oxidation sites excluding steroid dienone is 1. The molecule has 2 aromatic carbocycles. The fourth-order valence-electron chi connectivity index (χ4n) is 5.09. The highest BCUT2D eigenvalue weighted by Gasteiger charge is 2.20. The van der Waals surface area contributed by atoms with E-state index in [4.69, 9.17) is 9.84 Å². The molecule has 2 heterocycles. The normalized spacial score (nSPS) is 19.3. The van der Waals surface area contributed by atoms with Crippen molar-refractivity contribution in [3.05, 3.63) is 77.0 Å². The number of aromatic nitrogens is 2. The van der Waals surface area contributed by atoms with Crippen LogP contribution in [-0.4, -0.2) is 27.5 Å². The fourth-order valence-corrected chi connectivity index (χ4v) is 5.09. The van der Waals surface area contributed by atoms with Gasteiger partial charge in [-0.15, -0.1) is 0 Å². The van der Waals surface area contributed by atoms with E-state index in [9.17, 15) is 4.79 Å². The van der Waals surface area contributed by atoms with Gasteiger partial charge in [0.15, 0.2) is 6.23 Å². The summed E-state index contributed by atoms with van der Waals surface area (Å²) >= 11 is 0. The molecule has 3 aromatic rings. The van der Waals surface area contributed by atoms with Crippen LogP contribution in [0.2, 0.25) is 0 Å². The summed E-state index contributed by atoms with van der Waals surface area (Å²) in [6, 6.07) is 14.9. The van der Waals surface area contributed by atoms with Crippen molar-refractivity contribution in [1.82, 2.24) is 9.78 Å². The molecule has 1 saturated carbocycles. The molecular weight excluding hydrogens is 412 g/mol. The summed E-state index contributed by atoms with van der Waals surface area (Å²) in [5, 5.41) is 14.7. The van der Waals surface area contributed by atoms with Crippen molar-refractivity contribution >= 4 is 28.5 Å². The second-order valence-corrected chi connectivity index (χ2v) is 9.02. The van der Waals surface area contributed by atoms with E-state index < -0.39 is 5.97 Å². The molecule has 2 fully saturated rings. The molecule has 0 radical (unpaired) electrons. The van der Waals surface area contributed by atoms with Crippen LogP contribution in [0.3, 0.4) is 0 Å². The van der Waals surface area contributed by atoms with Gasteiger partial charge in [-0.1, -0.05) is 42.3 Å². The van der Waals surface area contributed by atoms with Crippen LogP contribution >= 0.6 is 0 Å². The van der Waals surface area contributed by atoms with Gasteiger partial charge in [-0.2, -0.15) is 5.10 Å². The van der Waals surface area contributed by atoms with Crippen LogP contribution in [0, 0.1) is 0 Å². The Morgan fingerprint density at radius 1 is 1.00 bits per heavy atom. The zero-order valence-corrected chi connectivity index (χ0v) is 18.9. The lowest BCUT2D eigenvalue weighted by atomic mass is 9.84. The van der Waals surface area contributed by atoms with E-state index in [2.05, 4.69) is 35.4 Å². The smallest absolute Gasteiger partial charge is 0.328 e. The average molecular weight is 443 g/mol. The minimum absolute atomic E-state index is 0.0321. The third-order valence-corrected chi connectivity index (χ3v) is 6.74. The Morgan fingerprint density at radius 2 is 1.79 bits per heavy atom. The van der Waals surface area contributed by atoms with Crippen LogP contribution in [0.4, 0.5) is 0 Å². The largest absolute Gasteiger partial charge is 0.478 e. The van der Waals surface area contributed by atoms with Gasteiger partial charge in [0.25, 0.3) is 0 Å². The highest BCUT2D eigenvalue weighted by Crippen LogP contribution is 2.37. The van der Waals surface area contributed by atoms with Gasteiger partial charge in [0, 0.05) is 18.1 Å². The third kappa shape index (κ3) is 4.79. The molecule has 33 heavy (non-hydrogen) atoms. The summed E-state index contributed by atoms with van der Waals surface area (Å²) in [5.74, 6) is -0.934. The first-order valence-corrected chi connectivity index (χ1v) is 12.0. The van der Waals surface area contributed by atoms with Crippen molar-refractivity contribution in [2.24, 2.45) is 0 Å². The molecule has 0 bridgehead atoms. The van der Waals surface area contributed by atoms with Gasteiger partial charge in [0.1, 0.15) is 0 Å². The number of rotatable bonds is 5. The first kappa shape index (κ1) is 21.7. The van der Waals surface area contributed by atoms with Crippen LogP contribution in [0.1, 0.15) is 74.3 Å². The zero-order chi connectivity index (χ0) is 22.6. The number of fused-ring (bicyclic) bond motifs is 1. The SMILES string of the molecule is O=C(O)/C=C/c1ccc(C(=C2CCCCC2)c2ccc3c(cnn3C3CCCCO3)c2)cc1. The van der Waals surface area contributed by atoms with Crippen LogP contribution in [0.25, 0.3) is 22.6 Å². The first-order valence-electron chi connectivity index (χ1n) is 12.0. The standard InChI is InChI=1S/C28H30N2O3/c31-27(32)16-11-20-9-12-22(13-10-20)28(21-6-2-1-3-7-21)23-14-15-25-24(18-23)19-29-30(25)26-8-4-5-17-33-26/h9-16,18-19,26H,1-8,17H2,(H,31,32)/b16-11+. The molecule has 5 heteroatoms. The number of carbonyl (C=O) groups is 1. The first-order chi connectivity index (χ1) is 16.2. The van der Waals surface area contributed by atoms with Gasteiger partial charge in [-0.3, -0.25) is 0 Å². The van der Waals surface area contributed by atoms with E-state index in [1.165, 1.54) is 54.0 Å². The molecule has 2 aliphatic rings. The molecule has 1 aliphatic carbocycles. The summed E-state index contributed by atoms with van der Waals surface area (Å²) in [4.78, 5) is 10.8. The molecule has 0 spiro atoms. The van der Waals surface area contributed by atoms with Crippen molar-refractivity contribution in [1.29, 1.82) is 0 Å². The second-order valence-electron chi connectivity index (χ2n) is 9.02. The van der Waals surface area contributed by atoms with Crippen LogP contribution in [0.15, 0.2) is 60.3 Å². The Balaban J connectivity index is 1.52. The summed E-state index contributed by atoms with van der Waals surface area (Å²) in [6.45, 7) is 0.804. The number of carboxylic acid groups (broad SMARTS) is 1. The molecular formula is C28H30N2O3. The molecule has 5 rings (SSSR count). The molecule has 1 unspecified atom stereocenters. The average Bonchev–Trinajstić information content (AvgIpc) is 3.28. The Labute approximate surface area is 194 Å². The Hall–Kier alpha value is -3.18. The number of hydrogen-bond acceptors (Lipinski definition) is 3. The van der Waals surface area contributed by atoms with E-state index in [1.54, 1.807) is 6.08 Å². The summed E-state index contributed by atoms with van der Waals surface area (Å²) in [7, 11) is 0. The van der Waals surface area contributed by atoms with E-state index in [1.807, 2.05) is 23.0 Å². The minimum atomic E-state index is -0.934. The van der Waals surface area contributed by atoms with Crippen molar-refractivity contribution in [3.8, 4) is 0 Å². The van der Waals surface area contributed by atoms with Crippen molar-refractivity contribution in [2.45, 2.75) is 57.6 Å².